The molecule has 0 spiro atoms. The number of nitrogens with zero attached hydrogens (tertiary/aromatic N) is 2. The minimum atomic E-state index is -0.609. The highest BCUT2D eigenvalue weighted by molar-refractivity contribution is 8.93. The number of rotatable bonds is 6. The smallest absolute Gasteiger partial charge is 0.122 e. The van der Waals surface area contributed by atoms with E-state index in [1.165, 1.54) is 11.1 Å². The van der Waals surface area contributed by atoms with E-state index in [4.69, 9.17) is 4.74 Å². The molecule has 0 radical (unpaired) electrons. The van der Waals surface area contributed by atoms with Crippen LogP contribution in [0.15, 0.2) is 78.9 Å². The van der Waals surface area contributed by atoms with Crippen molar-refractivity contribution in [2.45, 2.75) is 24.7 Å². The van der Waals surface area contributed by atoms with Crippen molar-refractivity contribution in [3.8, 4) is 11.8 Å². The highest BCUT2D eigenvalue weighted by Crippen LogP contribution is 2.43. The highest BCUT2D eigenvalue weighted by Gasteiger charge is 2.45. The molecule has 2 aliphatic rings. The molecule has 4 heteroatoms. The van der Waals surface area contributed by atoms with Crippen LogP contribution in [0.2, 0.25) is 0 Å². The van der Waals surface area contributed by atoms with Gasteiger partial charge in [0.1, 0.15) is 11.2 Å². The maximum atomic E-state index is 10.5. The predicted octanol–water partition coefficient (Wildman–Crippen LogP) is 5.57. The van der Waals surface area contributed by atoms with Gasteiger partial charge in [0.25, 0.3) is 0 Å². The molecule has 0 amide bonds. The summed E-state index contributed by atoms with van der Waals surface area (Å²) in [6, 6.07) is 30.1. The second-order valence-electron chi connectivity index (χ2n) is 8.73. The average molecular weight is 489 g/mol. The number of ether oxygens (including phenoxy) is 1. The molecule has 0 bridgehead atoms. The van der Waals surface area contributed by atoms with Crippen LogP contribution < -0.4 is 4.74 Å². The fraction of sp³-hybridized carbons (Fsp3) is 0.321. The largest absolute Gasteiger partial charge is 0.493 e. The van der Waals surface area contributed by atoms with E-state index in [1.807, 2.05) is 12.1 Å². The average Bonchev–Trinajstić information content (AvgIpc) is 3.50. The molecule has 5 rings (SSSR count). The van der Waals surface area contributed by atoms with Gasteiger partial charge in [-0.05, 0) is 53.6 Å². The lowest BCUT2D eigenvalue weighted by molar-refractivity contribution is 0.308. The minimum Gasteiger partial charge on any atom is -0.493 e. The Morgan fingerprint density at radius 1 is 0.969 bits per heavy atom. The Morgan fingerprint density at radius 2 is 1.66 bits per heavy atom. The lowest BCUT2D eigenvalue weighted by Crippen LogP contribution is -2.37. The monoisotopic (exact) mass is 488 g/mol. The SMILES string of the molecule is Br.N#CC(c1ccccc1)(c1ccccc1)[C@@H]1CCN(CCc2ccc3c(c2)CCO3)C1. The molecule has 3 aromatic carbocycles. The van der Waals surface area contributed by atoms with Crippen molar-refractivity contribution in [2.75, 3.05) is 26.2 Å². The molecule has 3 aromatic rings. The third kappa shape index (κ3) is 4.20. The lowest BCUT2D eigenvalue weighted by Gasteiger charge is -2.34. The van der Waals surface area contributed by atoms with Crippen LogP contribution in [0.25, 0.3) is 0 Å². The lowest BCUT2D eigenvalue weighted by atomic mass is 9.66. The van der Waals surface area contributed by atoms with Crippen LogP contribution in [-0.4, -0.2) is 31.1 Å². The summed E-state index contributed by atoms with van der Waals surface area (Å²) in [7, 11) is 0. The number of halogens is 1. The summed E-state index contributed by atoms with van der Waals surface area (Å²) in [6.45, 7) is 3.83. The Hall–Kier alpha value is -2.61. The Labute approximate surface area is 201 Å². The van der Waals surface area contributed by atoms with Gasteiger partial charge in [-0.25, -0.2) is 0 Å². The summed E-state index contributed by atoms with van der Waals surface area (Å²) < 4.78 is 5.64. The zero-order valence-electron chi connectivity index (χ0n) is 18.2. The molecule has 0 unspecified atom stereocenters. The summed E-state index contributed by atoms with van der Waals surface area (Å²) in [4.78, 5) is 2.53. The minimum absolute atomic E-state index is 0. The van der Waals surface area contributed by atoms with E-state index >= 15 is 0 Å². The molecule has 1 fully saturated rings. The van der Waals surface area contributed by atoms with Gasteiger partial charge in [-0.15, -0.1) is 17.0 Å². The van der Waals surface area contributed by atoms with Crippen molar-refractivity contribution in [3.63, 3.8) is 0 Å². The van der Waals surface area contributed by atoms with E-state index in [2.05, 4.69) is 77.7 Å². The van der Waals surface area contributed by atoms with Crippen molar-refractivity contribution in [1.29, 1.82) is 5.26 Å². The Bertz CT molecular complexity index is 1040. The Morgan fingerprint density at radius 3 is 2.31 bits per heavy atom. The summed E-state index contributed by atoms with van der Waals surface area (Å²) in [5.41, 5.74) is 4.32. The Balaban J connectivity index is 0.00000245. The van der Waals surface area contributed by atoms with E-state index in [-0.39, 0.29) is 22.9 Å². The summed E-state index contributed by atoms with van der Waals surface area (Å²) >= 11 is 0. The first-order valence-corrected chi connectivity index (χ1v) is 11.3. The molecule has 0 aromatic heterocycles. The highest BCUT2D eigenvalue weighted by atomic mass is 79.9. The topological polar surface area (TPSA) is 36.3 Å². The quantitative estimate of drug-likeness (QED) is 0.454. The number of nitriles is 1. The molecule has 0 aliphatic carbocycles. The van der Waals surface area contributed by atoms with Gasteiger partial charge in [-0.3, -0.25) is 0 Å². The molecule has 3 nitrogen and oxygen atoms in total. The zero-order valence-corrected chi connectivity index (χ0v) is 20.0. The van der Waals surface area contributed by atoms with Crippen molar-refractivity contribution < 1.29 is 4.74 Å². The van der Waals surface area contributed by atoms with Gasteiger partial charge in [-0.2, -0.15) is 5.26 Å². The molecule has 164 valence electrons. The van der Waals surface area contributed by atoms with Crippen LogP contribution in [0.1, 0.15) is 28.7 Å². The molecular weight excluding hydrogens is 460 g/mol. The number of hydrogen-bond donors (Lipinski definition) is 0. The van der Waals surface area contributed by atoms with E-state index in [9.17, 15) is 5.26 Å². The van der Waals surface area contributed by atoms with Crippen LogP contribution >= 0.6 is 17.0 Å². The molecule has 0 N–H and O–H groups in total. The normalized spacial score (nSPS) is 17.8. The van der Waals surface area contributed by atoms with Gasteiger partial charge >= 0.3 is 0 Å². The molecule has 32 heavy (non-hydrogen) atoms. The number of likely N-dealkylation sites (tertiary alicyclic amines) is 1. The third-order valence-electron chi connectivity index (χ3n) is 6.99. The van der Waals surface area contributed by atoms with Gasteiger partial charge < -0.3 is 9.64 Å². The van der Waals surface area contributed by atoms with Crippen molar-refractivity contribution in [3.05, 3.63) is 101 Å². The molecule has 2 heterocycles. The van der Waals surface area contributed by atoms with E-state index in [0.717, 1.165) is 62.4 Å². The third-order valence-corrected chi connectivity index (χ3v) is 6.99. The van der Waals surface area contributed by atoms with Crippen LogP contribution in [0, 0.1) is 17.2 Å². The van der Waals surface area contributed by atoms with Crippen LogP contribution in [0.5, 0.6) is 5.75 Å². The second kappa shape index (κ2) is 9.90. The number of hydrogen-bond acceptors (Lipinski definition) is 3. The molecule has 1 atom stereocenters. The molecule has 1 saturated heterocycles. The first-order valence-electron chi connectivity index (χ1n) is 11.3. The van der Waals surface area contributed by atoms with Crippen LogP contribution in [0.3, 0.4) is 0 Å². The summed E-state index contributed by atoms with van der Waals surface area (Å²) in [6.07, 6.45) is 3.10. The standard InChI is InChI=1S/C28H28N2O.BrH/c29-21-28(24-7-3-1-4-8-24,25-9-5-2-6-10-25)26-14-17-30(20-26)16-13-22-11-12-27-23(19-22)15-18-31-27;/h1-12,19,26H,13-18,20H2;1H/t26-;/m1./s1. The first-order chi connectivity index (χ1) is 15.3. The number of benzene rings is 3. The van der Waals surface area contributed by atoms with Gasteiger partial charge in [0.15, 0.2) is 0 Å². The fourth-order valence-electron chi connectivity index (χ4n) is 5.33. The van der Waals surface area contributed by atoms with E-state index < -0.39 is 5.41 Å². The molecule has 0 saturated carbocycles. The molecule has 2 aliphatic heterocycles. The van der Waals surface area contributed by atoms with Crippen molar-refractivity contribution >= 4 is 17.0 Å². The summed E-state index contributed by atoms with van der Waals surface area (Å²) in [5.74, 6) is 1.32. The van der Waals surface area contributed by atoms with Crippen LogP contribution in [-0.2, 0) is 18.3 Å². The number of fused-ring (bicyclic) bond motifs is 1. The first kappa shape index (κ1) is 22.6. The Kier molecular flexibility index (Phi) is 6.98. The van der Waals surface area contributed by atoms with Gasteiger partial charge in [0, 0.05) is 19.5 Å². The predicted molar refractivity (Wildman–Crippen MR) is 133 cm³/mol. The second-order valence-corrected chi connectivity index (χ2v) is 8.73. The summed E-state index contributed by atoms with van der Waals surface area (Å²) in [5, 5.41) is 10.5. The fourth-order valence-corrected chi connectivity index (χ4v) is 5.33. The van der Waals surface area contributed by atoms with Gasteiger partial charge in [0.2, 0.25) is 0 Å². The van der Waals surface area contributed by atoms with Crippen LogP contribution in [0.4, 0.5) is 0 Å². The van der Waals surface area contributed by atoms with Crippen molar-refractivity contribution in [1.82, 2.24) is 4.90 Å². The van der Waals surface area contributed by atoms with E-state index in [1.54, 1.807) is 0 Å². The van der Waals surface area contributed by atoms with Crippen molar-refractivity contribution in [2.24, 2.45) is 5.92 Å². The molecular formula is C28H29BrN2O. The van der Waals surface area contributed by atoms with Gasteiger partial charge in [-0.1, -0.05) is 72.8 Å². The van der Waals surface area contributed by atoms with Gasteiger partial charge in [0.05, 0.1) is 12.7 Å². The van der Waals surface area contributed by atoms with E-state index in [0.29, 0.717) is 0 Å². The zero-order chi connectivity index (χ0) is 21.1. The maximum Gasteiger partial charge on any atom is 0.122 e. The maximum absolute atomic E-state index is 10.5.